The largest absolute Gasteiger partial charge is 0.375 e. The van der Waals surface area contributed by atoms with E-state index in [4.69, 9.17) is 4.52 Å². The molecule has 4 rings (SSSR count). The zero-order chi connectivity index (χ0) is 24.5. The molecular formula is C28H28N2O4. The number of fused-ring (bicyclic) bond motifs is 1. The molecule has 0 aliphatic carbocycles. The van der Waals surface area contributed by atoms with Gasteiger partial charge < -0.3 is 14.9 Å². The average Bonchev–Trinajstić information content (AvgIpc) is 2.81. The quantitative estimate of drug-likeness (QED) is 0.447. The SMILES string of the molecule is Cc1noc(=O)c2ccc(NC(=O)C(O)(Cc3ccccc3)c3ccc(C(C)(C)C)cc3)cc12. The summed E-state index contributed by atoms with van der Waals surface area (Å²) >= 11 is 0. The molecule has 1 amide bonds. The molecule has 3 aromatic carbocycles. The van der Waals surface area contributed by atoms with E-state index in [1.54, 1.807) is 25.1 Å². The zero-order valence-corrected chi connectivity index (χ0v) is 19.8. The Morgan fingerprint density at radius 1 is 0.941 bits per heavy atom. The third-order valence-electron chi connectivity index (χ3n) is 6.06. The highest BCUT2D eigenvalue weighted by molar-refractivity contribution is 6.00. The van der Waals surface area contributed by atoms with Crippen molar-refractivity contribution in [2.24, 2.45) is 0 Å². The molecule has 34 heavy (non-hydrogen) atoms. The average molecular weight is 457 g/mol. The summed E-state index contributed by atoms with van der Waals surface area (Å²) in [5.41, 5.74) is 1.01. The van der Waals surface area contributed by atoms with E-state index in [9.17, 15) is 14.7 Å². The van der Waals surface area contributed by atoms with Gasteiger partial charge in [-0.1, -0.05) is 80.5 Å². The number of carbonyl (C=O) groups is 1. The first-order chi connectivity index (χ1) is 16.1. The van der Waals surface area contributed by atoms with Gasteiger partial charge in [-0.2, -0.15) is 0 Å². The van der Waals surface area contributed by atoms with Crippen molar-refractivity contribution in [3.63, 3.8) is 0 Å². The monoisotopic (exact) mass is 456 g/mol. The molecule has 0 aliphatic heterocycles. The van der Waals surface area contributed by atoms with Crippen molar-refractivity contribution in [1.29, 1.82) is 0 Å². The molecule has 0 saturated carbocycles. The van der Waals surface area contributed by atoms with Crippen molar-refractivity contribution in [2.45, 2.75) is 45.1 Å². The second-order valence-corrected chi connectivity index (χ2v) is 9.62. The fourth-order valence-corrected chi connectivity index (χ4v) is 3.99. The van der Waals surface area contributed by atoms with Crippen LogP contribution < -0.4 is 10.9 Å². The number of rotatable bonds is 5. The third kappa shape index (κ3) is 4.63. The first-order valence-corrected chi connectivity index (χ1v) is 11.2. The Morgan fingerprint density at radius 2 is 1.59 bits per heavy atom. The Hall–Kier alpha value is -3.77. The molecule has 1 atom stereocenters. The van der Waals surface area contributed by atoms with Gasteiger partial charge in [0.25, 0.3) is 5.91 Å². The number of benzene rings is 3. The van der Waals surface area contributed by atoms with Gasteiger partial charge in [-0.25, -0.2) is 4.79 Å². The Balaban J connectivity index is 1.72. The molecule has 174 valence electrons. The van der Waals surface area contributed by atoms with E-state index >= 15 is 0 Å². The predicted octanol–water partition coefficient (Wildman–Crippen LogP) is 4.86. The Bertz CT molecular complexity index is 1390. The standard InChI is InChI=1S/C28H28N2O4/c1-18-24-16-22(14-15-23(24)25(31)34-30-18)29-26(32)28(33,17-19-8-6-5-7-9-19)21-12-10-20(11-13-21)27(2,3)4/h5-16,33H,17H2,1-4H3,(H,29,32). The summed E-state index contributed by atoms with van der Waals surface area (Å²) in [7, 11) is 0. The van der Waals surface area contributed by atoms with Gasteiger partial charge in [0.1, 0.15) is 0 Å². The minimum atomic E-state index is -1.81. The maximum absolute atomic E-state index is 13.6. The molecule has 0 radical (unpaired) electrons. The lowest BCUT2D eigenvalue weighted by Crippen LogP contribution is -2.42. The number of hydrogen-bond acceptors (Lipinski definition) is 5. The lowest BCUT2D eigenvalue weighted by Gasteiger charge is -2.29. The Morgan fingerprint density at radius 3 is 2.24 bits per heavy atom. The zero-order valence-electron chi connectivity index (χ0n) is 19.8. The van der Waals surface area contributed by atoms with E-state index in [0.717, 1.165) is 11.1 Å². The van der Waals surface area contributed by atoms with Crippen LogP contribution in [0.4, 0.5) is 5.69 Å². The van der Waals surface area contributed by atoms with Crippen LogP contribution in [-0.2, 0) is 22.2 Å². The molecule has 0 fully saturated rings. The van der Waals surface area contributed by atoms with Crippen LogP contribution in [0.3, 0.4) is 0 Å². The van der Waals surface area contributed by atoms with Gasteiger partial charge >= 0.3 is 5.63 Å². The van der Waals surface area contributed by atoms with E-state index in [1.165, 1.54) is 0 Å². The first kappa shape index (κ1) is 23.4. The van der Waals surface area contributed by atoms with Crippen LogP contribution in [0.1, 0.15) is 43.2 Å². The third-order valence-corrected chi connectivity index (χ3v) is 6.06. The van der Waals surface area contributed by atoms with Crippen LogP contribution in [0.2, 0.25) is 0 Å². The summed E-state index contributed by atoms with van der Waals surface area (Å²) < 4.78 is 4.77. The van der Waals surface area contributed by atoms with Gasteiger partial charge in [0.05, 0.1) is 11.1 Å². The Kier molecular flexibility index (Phi) is 6.11. The van der Waals surface area contributed by atoms with E-state index in [0.29, 0.717) is 27.7 Å². The van der Waals surface area contributed by atoms with Gasteiger partial charge in [0.2, 0.25) is 0 Å². The maximum Gasteiger partial charge on any atom is 0.366 e. The lowest BCUT2D eigenvalue weighted by molar-refractivity contribution is -0.135. The van der Waals surface area contributed by atoms with Crippen LogP contribution in [0, 0.1) is 6.92 Å². The second kappa shape index (κ2) is 8.88. The van der Waals surface area contributed by atoms with Crippen molar-refractivity contribution < 1.29 is 14.4 Å². The highest BCUT2D eigenvalue weighted by Crippen LogP contribution is 2.31. The van der Waals surface area contributed by atoms with Gasteiger partial charge in [0.15, 0.2) is 5.60 Å². The molecule has 0 saturated heterocycles. The minimum absolute atomic E-state index is 0.0535. The predicted molar refractivity (Wildman–Crippen MR) is 133 cm³/mol. The number of nitrogens with one attached hydrogen (secondary N) is 1. The molecule has 1 heterocycles. The topological polar surface area (TPSA) is 92.4 Å². The highest BCUT2D eigenvalue weighted by atomic mass is 16.5. The summed E-state index contributed by atoms with van der Waals surface area (Å²) in [5, 5.41) is 19.3. The number of nitrogens with zero attached hydrogens (tertiary/aromatic N) is 1. The Labute approximate surface area is 198 Å². The number of amides is 1. The highest BCUT2D eigenvalue weighted by Gasteiger charge is 2.38. The van der Waals surface area contributed by atoms with Crippen molar-refractivity contribution in [3.8, 4) is 0 Å². The van der Waals surface area contributed by atoms with Gasteiger partial charge in [-0.3, -0.25) is 4.79 Å². The van der Waals surface area contributed by atoms with E-state index < -0.39 is 17.1 Å². The van der Waals surface area contributed by atoms with Crippen molar-refractivity contribution in [2.75, 3.05) is 5.32 Å². The van der Waals surface area contributed by atoms with E-state index in [1.807, 2.05) is 54.6 Å². The molecule has 1 aromatic heterocycles. The molecule has 2 N–H and O–H groups in total. The number of aryl methyl sites for hydroxylation is 1. The summed E-state index contributed by atoms with van der Waals surface area (Å²) in [6, 6.07) is 21.8. The van der Waals surface area contributed by atoms with Gasteiger partial charge in [-0.05, 0) is 47.2 Å². The first-order valence-electron chi connectivity index (χ1n) is 11.2. The molecule has 0 bridgehead atoms. The summed E-state index contributed by atoms with van der Waals surface area (Å²) in [6.07, 6.45) is 0.103. The fraction of sp³-hybridized carbons (Fsp3) is 0.250. The van der Waals surface area contributed by atoms with E-state index in [-0.39, 0.29) is 11.8 Å². The number of carbonyl (C=O) groups excluding carboxylic acids is 1. The second-order valence-electron chi connectivity index (χ2n) is 9.62. The smallest absolute Gasteiger partial charge is 0.366 e. The molecule has 6 heteroatoms. The minimum Gasteiger partial charge on any atom is -0.375 e. The van der Waals surface area contributed by atoms with Crippen LogP contribution in [0.25, 0.3) is 10.8 Å². The van der Waals surface area contributed by atoms with Crippen LogP contribution in [0.15, 0.2) is 82.1 Å². The number of anilines is 1. The van der Waals surface area contributed by atoms with Crippen molar-refractivity contribution in [3.05, 3.63) is 106 Å². The number of aliphatic hydroxyl groups is 1. The van der Waals surface area contributed by atoms with Gasteiger partial charge in [0, 0.05) is 17.5 Å². The normalized spacial score (nSPS) is 13.4. The van der Waals surface area contributed by atoms with Crippen molar-refractivity contribution >= 4 is 22.4 Å². The van der Waals surface area contributed by atoms with Crippen LogP contribution >= 0.6 is 0 Å². The molecule has 0 spiro atoms. The van der Waals surface area contributed by atoms with E-state index in [2.05, 4.69) is 31.2 Å². The molecular weight excluding hydrogens is 428 g/mol. The number of aromatic nitrogens is 1. The van der Waals surface area contributed by atoms with Crippen LogP contribution in [0.5, 0.6) is 0 Å². The molecule has 1 unspecified atom stereocenters. The molecule has 4 aromatic rings. The summed E-state index contributed by atoms with van der Waals surface area (Å²) in [5.74, 6) is -0.562. The van der Waals surface area contributed by atoms with Crippen molar-refractivity contribution in [1.82, 2.24) is 5.16 Å². The fourth-order valence-electron chi connectivity index (χ4n) is 3.99. The lowest BCUT2D eigenvalue weighted by atomic mass is 9.82. The molecule has 0 aliphatic rings. The van der Waals surface area contributed by atoms with Gasteiger partial charge in [-0.15, -0.1) is 0 Å². The summed E-state index contributed by atoms with van der Waals surface area (Å²) in [4.78, 5) is 25.5. The maximum atomic E-state index is 13.6. The summed E-state index contributed by atoms with van der Waals surface area (Å²) in [6.45, 7) is 8.06. The molecule has 6 nitrogen and oxygen atoms in total. The van der Waals surface area contributed by atoms with Crippen LogP contribution in [-0.4, -0.2) is 16.2 Å². The number of hydrogen-bond donors (Lipinski definition) is 2.